The van der Waals surface area contributed by atoms with E-state index in [1.54, 1.807) is 7.11 Å². The van der Waals surface area contributed by atoms with E-state index in [1.165, 1.54) is 25.7 Å². The van der Waals surface area contributed by atoms with E-state index in [1.807, 2.05) is 0 Å². The maximum atomic E-state index is 5.86. The Hall–Kier alpha value is -2.00. The molecule has 0 bridgehead atoms. The summed E-state index contributed by atoms with van der Waals surface area (Å²) in [5.74, 6) is 1.63. The number of aromatic nitrogens is 4. The van der Waals surface area contributed by atoms with E-state index in [0.717, 1.165) is 37.6 Å². The van der Waals surface area contributed by atoms with Gasteiger partial charge in [0.15, 0.2) is 11.6 Å². The van der Waals surface area contributed by atoms with E-state index in [2.05, 4.69) is 30.5 Å². The first-order valence-corrected chi connectivity index (χ1v) is 9.46. The molecule has 9 nitrogen and oxygen atoms in total. The van der Waals surface area contributed by atoms with Gasteiger partial charge >= 0.3 is 0 Å². The van der Waals surface area contributed by atoms with Crippen LogP contribution in [0.15, 0.2) is 4.63 Å². The number of hydrogen-bond acceptors (Lipinski definition) is 9. The van der Waals surface area contributed by atoms with Crippen LogP contribution in [0, 0.1) is 0 Å². The Morgan fingerprint density at radius 3 is 2.50 bits per heavy atom. The molecule has 3 heterocycles. The van der Waals surface area contributed by atoms with Crippen LogP contribution in [0.3, 0.4) is 0 Å². The van der Waals surface area contributed by atoms with Crippen LogP contribution in [0.5, 0.6) is 0 Å². The van der Waals surface area contributed by atoms with Gasteiger partial charge in [0.1, 0.15) is 0 Å². The maximum absolute atomic E-state index is 5.86. The van der Waals surface area contributed by atoms with Crippen molar-refractivity contribution < 1.29 is 14.1 Å². The van der Waals surface area contributed by atoms with E-state index in [9.17, 15) is 0 Å². The molecule has 26 heavy (non-hydrogen) atoms. The summed E-state index contributed by atoms with van der Waals surface area (Å²) in [6.07, 6.45) is 7.07. The van der Waals surface area contributed by atoms with E-state index in [-0.39, 0.29) is 6.10 Å². The SMILES string of the molecule is COCCOC1CCN(c2nc3nonc3nc2NC2CCCC2)CC1. The molecule has 0 aromatic carbocycles. The summed E-state index contributed by atoms with van der Waals surface area (Å²) >= 11 is 0. The summed E-state index contributed by atoms with van der Waals surface area (Å²) in [5, 5.41) is 11.3. The Kier molecular flexibility index (Phi) is 5.45. The summed E-state index contributed by atoms with van der Waals surface area (Å²) in [4.78, 5) is 11.6. The average Bonchev–Trinajstić information content (AvgIpc) is 3.33. The molecule has 2 aromatic heterocycles. The molecule has 9 heteroatoms. The van der Waals surface area contributed by atoms with Crippen LogP contribution < -0.4 is 10.2 Å². The van der Waals surface area contributed by atoms with Crippen molar-refractivity contribution in [3.63, 3.8) is 0 Å². The molecule has 0 radical (unpaired) electrons. The first-order valence-electron chi connectivity index (χ1n) is 9.46. The van der Waals surface area contributed by atoms with Gasteiger partial charge in [-0.15, -0.1) is 0 Å². The Morgan fingerprint density at radius 2 is 1.77 bits per heavy atom. The largest absolute Gasteiger partial charge is 0.382 e. The number of nitrogens with zero attached hydrogens (tertiary/aromatic N) is 5. The van der Waals surface area contributed by atoms with Crippen LogP contribution in [0.4, 0.5) is 11.6 Å². The normalized spacial score (nSPS) is 19.5. The summed E-state index contributed by atoms with van der Waals surface area (Å²) in [6.45, 7) is 3.04. The molecule has 2 aliphatic rings. The van der Waals surface area contributed by atoms with Crippen LogP contribution in [-0.2, 0) is 9.47 Å². The van der Waals surface area contributed by atoms with Gasteiger partial charge in [-0.25, -0.2) is 14.6 Å². The second kappa shape index (κ2) is 8.13. The summed E-state index contributed by atoms with van der Waals surface area (Å²) < 4.78 is 15.7. The third kappa shape index (κ3) is 3.88. The zero-order valence-electron chi connectivity index (χ0n) is 15.2. The number of piperidine rings is 1. The van der Waals surface area contributed by atoms with Gasteiger partial charge in [0.25, 0.3) is 0 Å². The zero-order chi connectivity index (χ0) is 17.8. The smallest absolute Gasteiger partial charge is 0.245 e. The van der Waals surface area contributed by atoms with E-state index >= 15 is 0 Å². The third-order valence-electron chi connectivity index (χ3n) is 5.17. The molecule has 0 spiro atoms. The highest BCUT2D eigenvalue weighted by atomic mass is 16.6. The Bertz CT molecular complexity index is 710. The molecule has 142 valence electrons. The molecular weight excluding hydrogens is 336 g/mol. The molecule has 1 aliphatic heterocycles. The summed E-state index contributed by atoms with van der Waals surface area (Å²) in [5.41, 5.74) is 0.905. The van der Waals surface area contributed by atoms with Crippen molar-refractivity contribution in [3.8, 4) is 0 Å². The highest BCUT2D eigenvalue weighted by molar-refractivity contribution is 5.74. The molecular formula is C17H26N6O3. The first kappa shape index (κ1) is 17.4. The van der Waals surface area contributed by atoms with Gasteiger partial charge in [0, 0.05) is 26.2 Å². The quantitative estimate of drug-likeness (QED) is 0.741. The van der Waals surface area contributed by atoms with Crippen LogP contribution >= 0.6 is 0 Å². The predicted molar refractivity (Wildman–Crippen MR) is 96.3 cm³/mol. The highest BCUT2D eigenvalue weighted by Crippen LogP contribution is 2.30. The number of nitrogens with one attached hydrogen (secondary N) is 1. The molecule has 0 amide bonds. The molecule has 2 fully saturated rings. The lowest BCUT2D eigenvalue weighted by molar-refractivity contribution is 0.00605. The monoisotopic (exact) mass is 362 g/mol. The highest BCUT2D eigenvalue weighted by Gasteiger charge is 2.26. The van der Waals surface area contributed by atoms with Crippen molar-refractivity contribution in [3.05, 3.63) is 0 Å². The van der Waals surface area contributed by atoms with Gasteiger partial charge in [-0.05, 0) is 36.0 Å². The molecule has 0 atom stereocenters. The number of methoxy groups -OCH3 is 1. The first-order chi connectivity index (χ1) is 12.8. The average molecular weight is 362 g/mol. The Morgan fingerprint density at radius 1 is 1.04 bits per heavy atom. The Labute approximate surface area is 152 Å². The number of hydrogen-bond donors (Lipinski definition) is 1. The van der Waals surface area contributed by atoms with Crippen LogP contribution in [0.1, 0.15) is 38.5 Å². The zero-order valence-corrected chi connectivity index (χ0v) is 15.2. The Balaban J connectivity index is 1.47. The van der Waals surface area contributed by atoms with Gasteiger partial charge in [-0.1, -0.05) is 12.8 Å². The molecule has 1 N–H and O–H groups in total. The second-order valence-electron chi connectivity index (χ2n) is 6.98. The molecule has 1 saturated heterocycles. The van der Waals surface area contributed by atoms with Crippen LogP contribution in [0.2, 0.25) is 0 Å². The molecule has 4 rings (SSSR count). The second-order valence-corrected chi connectivity index (χ2v) is 6.98. The fraction of sp³-hybridized carbons (Fsp3) is 0.765. The van der Waals surface area contributed by atoms with Gasteiger partial charge < -0.3 is 19.7 Å². The lowest BCUT2D eigenvalue weighted by Gasteiger charge is -2.33. The standard InChI is InChI=1S/C17H26N6O3/c1-24-10-11-25-13-6-8-23(9-7-13)17-16(18-12-4-2-3-5-12)19-14-15(20-17)22-26-21-14/h12-13H,2-11H2,1H3,(H,18,19,21). The van der Waals surface area contributed by atoms with Crippen LogP contribution in [-0.4, -0.2) is 65.8 Å². The number of ether oxygens (including phenoxy) is 2. The van der Waals surface area contributed by atoms with Crippen molar-refractivity contribution in [2.45, 2.75) is 50.7 Å². The minimum atomic E-state index is 0.276. The lowest BCUT2D eigenvalue weighted by Crippen LogP contribution is -2.38. The van der Waals surface area contributed by atoms with Crippen molar-refractivity contribution in [1.29, 1.82) is 0 Å². The van der Waals surface area contributed by atoms with E-state index < -0.39 is 0 Å². The minimum Gasteiger partial charge on any atom is -0.382 e. The van der Waals surface area contributed by atoms with Gasteiger partial charge in [-0.3, -0.25) is 0 Å². The lowest BCUT2D eigenvalue weighted by atomic mass is 10.1. The third-order valence-corrected chi connectivity index (χ3v) is 5.17. The molecule has 1 aliphatic carbocycles. The topological polar surface area (TPSA) is 98.4 Å². The van der Waals surface area contributed by atoms with Crippen molar-refractivity contribution in [2.24, 2.45) is 0 Å². The molecule has 0 unspecified atom stereocenters. The number of fused-ring (bicyclic) bond motifs is 1. The predicted octanol–water partition coefficient (Wildman–Crippen LogP) is 2.00. The maximum Gasteiger partial charge on any atom is 0.245 e. The van der Waals surface area contributed by atoms with Gasteiger partial charge in [0.05, 0.1) is 19.3 Å². The van der Waals surface area contributed by atoms with Crippen molar-refractivity contribution in [1.82, 2.24) is 20.3 Å². The van der Waals surface area contributed by atoms with E-state index in [4.69, 9.17) is 14.1 Å². The summed E-state index contributed by atoms with van der Waals surface area (Å²) in [6, 6.07) is 0.454. The van der Waals surface area contributed by atoms with Gasteiger partial charge in [-0.2, -0.15) is 0 Å². The summed E-state index contributed by atoms with van der Waals surface area (Å²) in [7, 11) is 1.69. The molecule has 2 aromatic rings. The van der Waals surface area contributed by atoms with Crippen molar-refractivity contribution >= 4 is 22.9 Å². The van der Waals surface area contributed by atoms with Crippen molar-refractivity contribution in [2.75, 3.05) is 43.6 Å². The minimum absolute atomic E-state index is 0.276. The van der Waals surface area contributed by atoms with E-state index in [0.29, 0.717) is 30.5 Å². The fourth-order valence-corrected chi connectivity index (χ4v) is 3.74. The fourth-order valence-electron chi connectivity index (χ4n) is 3.74. The number of rotatable bonds is 7. The molecule has 1 saturated carbocycles. The van der Waals surface area contributed by atoms with Crippen LogP contribution in [0.25, 0.3) is 11.3 Å². The van der Waals surface area contributed by atoms with Gasteiger partial charge in [0.2, 0.25) is 11.3 Å². The number of anilines is 2.